The van der Waals surface area contributed by atoms with E-state index in [9.17, 15) is 9.59 Å². The van der Waals surface area contributed by atoms with E-state index in [1.807, 2.05) is 0 Å². The number of amides is 2. The summed E-state index contributed by atoms with van der Waals surface area (Å²) in [6.45, 7) is 1.32. The molecule has 3 rings (SSSR count). The number of nitrogens with zero attached hydrogens (tertiary/aromatic N) is 2. The summed E-state index contributed by atoms with van der Waals surface area (Å²) in [6, 6.07) is 0. The Kier molecular flexibility index (Phi) is 5.87. The van der Waals surface area contributed by atoms with Gasteiger partial charge >= 0.3 is 0 Å². The molecule has 0 bridgehead atoms. The van der Waals surface area contributed by atoms with Crippen LogP contribution in [0, 0.1) is 0 Å². The van der Waals surface area contributed by atoms with Crippen LogP contribution in [0.15, 0.2) is 17.9 Å². The van der Waals surface area contributed by atoms with E-state index in [1.165, 1.54) is 38.8 Å². The van der Waals surface area contributed by atoms with E-state index in [4.69, 9.17) is 32.7 Å². The fraction of sp³-hybridized carbons (Fsp3) is 0.176. The van der Waals surface area contributed by atoms with Gasteiger partial charge in [0.25, 0.3) is 5.91 Å². The van der Waals surface area contributed by atoms with Gasteiger partial charge in [0.15, 0.2) is 11.5 Å². The Bertz CT molecular complexity index is 1060. The van der Waals surface area contributed by atoms with Crippen LogP contribution >= 0.6 is 34.5 Å². The summed E-state index contributed by atoms with van der Waals surface area (Å²) in [5.74, 6) is -0.632. The van der Waals surface area contributed by atoms with Crippen LogP contribution in [-0.4, -0.2) is 36.0 Å². The van der Waals surface area contributed by atoms with Gasteiger partial charge in [-0.05, 0) is 0 Å². The predicted molar refractivity (Wildman–Crippen MR) is 109 cm³/mol. The molecule has 8 nitrogen and oxygen atoms in total. The number of hydrogen-bond acceptors (Lipinski definition) is 7. The summed E-state index contributed by atoms with van der Waals surface area (Å²) in [4.78, 5) is 32.4. The van der Waals surface area contributed by atoms with Gasteiger partial charge in [0, 0.05) is 18.5 Å². The highest BCUT2D eigenvalue weighted by Crippen LogP contribution is 2.51. The number of thiophene rings is 1. The van der Waals surface area contributed by atoms with Gasteiger partial charge in [0.2, 0.25) is 5.91 Å². The number of carbonyl (C=O) groups is 2. The molecule has 0 atom stereocenters. The van der Waals surface area contributed by atoms with Gasteiger partial charge < -0.3 is 20.1 Å². The molecule has 0 fully saturated rings. The SMILES string of the molecule is COc1c(Cl)c(NC(=O)c2csc3cncnc23)c(Cl)c(OC)c1NC(C)=O. The number of halogens is 2. The van der Waals surface area contributed by atoms with Gasteiger partial charge in [-0.2, -0.15) is 0 Å². The van der Waals surface area contributed by atoms with Crippen molar-refractivity contribution < 1.29 is 19.1 Å². The van der Waals surface area contributed by atoms with Crippen LogP contribution in [0.4, 0.5) is 11.4 Å². The van der Waals surface area contributed by atoms with Crippen LogP contribution in [0.1, 0.15) is 17.3 Å². The Balaban J connectivity index is 2.09. The first-order valence-corrected chi connectivity index (χ1v) is 9.41. The standard InChI is InChI=1S/C17H14Cl2N4O4S/c1-7(24)22-14-15(26-2)10(18)13(11(19)16(14)27-3)23-17(25)8-5-28-9-4-20-6-21-12(8)9/h4-6H,1-3H3,(H,22,24)(H,23,25). The number of benzene rings is 1. The van der Waals surface area contributed by atoms with Crippen molar-refractivity contribution in [2.24, 2.45) is 0 Å². The number of methoxy groups -OCH3 is 2. The molecule has 0 unspecified atom stereocenters. The molecule has 1 aromatic carbocycles. The molecule has 0 aliphatic rings. The molecule has 0 spiro atoms. The van der Waals surface area contributed by atoms with E-state index in [1.54, 1.807) is 11.6 Å². The quantitative estimate of drug-likeness (QED) is 0.615. The summed E-state index contributed by atoms with van der Waals surface area (Å²) >= 11 is 14.1. The van der Waals surface area contributed by atoms with Crippen LogP contribution in [0.2, 0.25) is 10.0 Å². The van der Waals surface area contributed by atoms with E-state index in [2.05, 4.69) is 20.6 Å². The molecule has 28 heavy (non-hydrogen) atoms. The third-order valence-corrected chi connectivity index (χ3v) is 5.35. The normalized spacial score (nSPS) is 10.6. The third kappa shape index (κ3) is 3.56. The van der Waals surface area contributed by atoms with Gasteiger partial charge in [-0.15, -0.1) is 11.3 Å². The molecule has 0 saturated carbocycles. The number of fused-ring (bicyclic) bond motifs is 1. The van der Waals surface area contributed by atoms with Crippen LogP contribution in [0.5, 0.6) is 11.5 Å². The largest absolute Gasteiger partial charge is 0.493 e. The van der Waals surface area contributed by atoms with Crippen molar-refractivity contribution in [3.05, 3.63) is 33.5 Å². The lowest BCUT2D eigenvalue weighted by atomic mass is 10.2. The molecular weight excluding hydrogens is 427 g/mol. The summed E-state index contributed by atoms with van der Waals surface area (Å²) in [6.07, 6.45) is 2.98. The minimum Gasteiger partial charge on any atom is -0.493 e. The zero-order valence-electron chi connectivity index (χ0n) is 14.9. The molecule has 146 valence electrons. The van der Waals surface area contributed by atoms with Crippen molar-refractivity contribution >= 4 is 67.9 Å². The lowest BCUT2D eigenvalue weighted by Gasteiger charge is -2.20. The minimum absolute atomic E-state index is 0.0135. The zero-order valence-corrected chi connectivity index (χ0v) is 17.3. The van der Waals surface area contributed by atoms with E-state index in [0.717, 1.165) is 4.70 Å². The summed E-state index contributed by atoms with van der Waals surface area (Å²) in [5, 5.41) is 6.94. The first-order chi connectivity index (χ1) is 13.4. The Labute approximate surface area is 173 Å². The lowest BCUT2D eigenvalue weighted by Crippen LogP contribution is -2.15. The second kappa shape index (κ2) is 8.17. The monoisotopic (exact) mass is 440 g/mol. The number of rotatable bonds is 5. The highest BCUT2D eigenvalue weighted by Gasteiger charge is 2.26. The van der Waals surface area contributed by atoms with Crippen LogP contribution in [0.3, 0.4) is 0 Å². The first-order valence-electron chi connectivity index (χ1n) is 7.78. The molecule has 0 radical (unpaired) electrons. The molecule has 0 saturated heterocycles. The zero-order chi connectivity index (χ0) is 20.4. The van der Waals surface area contributed by atoms with Crippen molar-refractivity contribution in [1.29, 1.82) is 0 Å². The molecule has 0 aliphatic carbocycles. The molecule has 2 aromatic heterocycles. The fourth-order valence-electron chi connectivity index (χ4n) is 2.55. The maximum absolute atomic E-state index is 12.8. The number of hydrogen-bond donors (Lipinski definition) is 2. The number of carbonyl (C=O) groups excluding carboxylic acids is 2. The second-order valence-corrected chi connectivity index (χ2v) is 7.13. The number of ether oxygens (including phenoxy) is 2. The maximum Gasteiger partial charge on any atom is 0.258 e. The molecule has 2 heterocycles. The average Bonchev–Trinajstić information content (AvgIpc) is 3.09. The number of aromatic nitrogens is 2. The summed E-state index contributed by atoms with van der Waals surface area (Å²) in [5.41, 5.74) is 1.11. The van der Waals surface area contributed by atoms with Crippen molar-refractivity contribution in [3.63, 3.8) is 0 Å². The average molecular weight is 441 g/mol. The highest BCUT2D eigenvalue weighted by molar-refractivity contribution is 7.17. The summed E-state index contributed by atoms with van der Waals surface area (Å²) in [7, 11) is 2.74. The topological polar surface area (TPSA) is 102 Å². The smallest absolute Gasteiger partial charge is 0.258 e. The molecule has 2 amide bonds. The Morgan fingerprint density at radius 2 is 1.71 bits per heavy atom. The van der Waals surface area contributed by atoms with Crippen LogP contribution in [0.25, 0.3) is 10.2 Å². The molecule has 11 heteroatoms. The van der Waals surface area contributed by atoms with E-state index < -0.39 is 5.91 Å². The molecular formula is C17H14Cl2N4O4S. The Morgan fingerprint density at radius 1 is 1.07 bits per heavy atom. The minimum atomic E-state index is -0.467. The van der Waals surface area contributed by atoms with E-state index in [0.29, 0.717) is 11.1 Å². The Morgan fingerprint density at radius 3 is 2.29 bits per heavy atom. The maximum atomic E-state index is 12.8. The van der Waals surface area contributed by atoms with Crippen molar-refractivity contribution in [2.75, 3.05) is 24.9 Å². The fourth-order valence-corrected chi connectivity index (χ4v) is 4.09. The van der Waals surface area contributed by atoms with E-state index in [-0.39, 0.29) is 38.8 Å². The number of nitrogens with one attached hydrogen (secondary N) is 2. The highest BCUT2D eigenvalue weighted by atomic mass is 35.5. The first kappa shape index (κ1) is 20.1. The Hall–Kier alpha value is -2.62. The molecule has 0 aliphatic heterocycles. The third-order valence-electron chi connectivity index (χ3n) is 3.72. The van der Waals surface area contributed by atoms with Crippen molar-refractivity contribution in [2.45, 2.75) is 6.92 Å². The molecule has 3 aromatic rings. The van der Waals surface area contributed by atoms with E-state index >= 15 is 0 Å². The predicted octanol–water partition coefficient (Wildman–Crippen LogP) is 4.23. The van der Waals surface area contributed by atoms with Gasteiger partial charge in [0.05, 0.1) is 35.7 Å². The number of anilines is 2. The van der Waals surface area contributed by atoms with Crippen LogP contribution < -0.4 is 20.1 Å². The van der Waals surface area contributed by atoms with Crippen LogP contribution in [-0.2, 0) is 4.79 Å². The molecule has 2 N–H and O–H groups in total. The van der Waals surface area contributed by atoms with Gasteiger partial charge in [-0.1, -0.05) is 23.2 Å². The van der Waals surface area contributed by atoms with Crippen molar-refractivity contribution in [1.82, 2.24) is 9.97 Å². The summed E-state index contributed by atoms with van der Waals surface area (Å²) < 4.78 is 11.4. The van der Waals surface area contributed by atoms with Gasteiger partial charge in [-0.25, -0.2) is 9.97 Å². The second-order valence-electron chi connectivity index (χ2n) is 5.46. The van der Waals surface area contributed by atoms with Gasteiger partial charge in [0.1, 0.15) is 22.1 Å². The van der Waals surface area contributed by atoms with Gasteiger partial charge in [-0.3, -0.25) is 9.59 Å². The van der Waals surface area contributed by atoms with Crippen molar-refractivity contribution in [3.8, 4) is 11.5 Å². The lowest BCUT2D eigenvalue weighted by molar-refractivity contribution is -0.114.